The van der Waals surface area contributed by atoms with Crippen LogP contribution in [0.25, 0.3) is 6.08 Å². The van der Waals surface area contributed by atoms with Gasteiger partial charge in [-0.25, -0.2) is 8.42 Å². The fraction of sp³-hybridized carbons (Fsp3) is 0.375. The Morgan fingerprint density at radius 2 is 1.75 bits per heavy atom. The van der Waals surface area contributed by atoms with Crippen LogP contribution in [-0.2, 0) is 14.8 Å². The standard InChI is InChI=1S/C24H30ClN3O3S/c1-18(2)28-16-14-20(15-17-28)27(3)24(29)13-10-19-8-11-21(12-9-19)32(30,31)26-23-7-5-4-6-22(23)25/h4-13,18,20,26H,14-17H2,1-3H3/b13-10+. The first-order valence-electron chi connectivity index (χ1n) is 10.7. The molecule has 1 N–H and O–H groups in total. The maximum Gasteiger partial charge on any atom is 0.261 e. The normalized spacial score (nSPS) is 15.9. The quantitative estimate of drug-likeness (QED) is 0.599. The van der Waals surface area contributed by atoms with Crippen molar-refractivity contribution in [1.29, 1.82) is 0 Å². The number of amides is 1. The molecule has 1 amide bonds. The van der Waals surface area contributed by atoms with E-state index < -0.39 is 10.0 Å². The van der Waals surface area contributed by atoms with Gasteiger partial charge in [-0.2, -0.15) is 0 Å². The van der Waals surface area contributed by atoms with Gasteiger partial charge in [-0.15, -0.1) is 0 Å². The highest BCUT2D eigenvalue weighted by Gasteiger charge is 2.25. The molecule has 1 saturated heterocycles. The van der Waals surface area contributed by atoms with E-state index in [2.05, 4.69) is 23.5 Å². The summed E-state index contributed by atoms with van der Waals surface area (Å²) in [5.41, 5.74) is 1.07. The van der Waals surface area contributed by atoms with Crippen molar-refractivity contribution in [3.63, 3.8) is 0 Å². The Hall–Kier alpha value is -2.35. The molecule has 0 radical (unpaired) electrons. The Morgan fingerprint density at radius 1 is 1.12 bits per heavy atom. The van der Waals surface area contributed by atoms with E-state index in [1.165, 1.54) is 12.1 Å². The van der Waals surface area contributed by atoms with Crippen molar-refractivity contribution in [3.05, 3.63) is 65.2 Å². The first kappa shape index (κ1) is 24.3. The summed E-state index contributed by atoms with van der Waals surface area (Å²) in [7, 11) is -1.91. The molecule has 1 aliphatic heterocycles. The molecule has 2 aromatic rings. The highest BCUT2D eigenvalue weighted by atomic mass is 35.5. The van der Waals surface area contributed by atoms with Crippen molar-refractivity contribution in [1.82, 2.24) is 9.80 Å². The number of rotatable bonds is 7. The van der Waals surface area contributed by atoms with Crippen LogP contribution < -0.4 is 4.72 Å². The smallest absolute Gasteiger partial charge is 0.261 e. The second-order valence-corrected chi connectivity index (χ2v) is 10.4. The number of benzene rings is 2. The Labute approximate surface area is 195 Å². The second kappa shape index (κ2) is 10.5. The number of sulfonamides is 1. The Bertz CT molecular complexity index is 1060. The fourth-order valence-electron chi connectivity index (χ4n) is 3.76. The van der Waals surface area contributed by atoms with E-state index in [9.17, 15) is 13.2 Å². The maximum absolute atomic E-state index is 12.6. The summed E-state index contributed by atoms with van der Waals surface area (Å²) in [6.45, 7) is 6.40. The van der Waals surface area contributed by atoms with E-state index in [-0.39, 0.29) is 16.8 Å². The van der Waals surface area contributed by atoms with Gasteiger partial charge < -0.3 is 9.80 Å². The van der Waals surface area contributed by atoms with Gasteiger partial charge in [0.2, 0.25) is 5.91 Å². The first-order chi connectivity index (χ1) is 15.2. The van der Waals surface area contributed by atoms with E-state index in [4.69, 9.17) is 11.6 Å². The number of halogens is 1. The van der Waals surface area contributed by atoms with Crippen molar-refractivity contribution in [2.45, 2.75) is 43.7 Å². The molecule has 3 rings (SSSR count). The number of likely N-dealkylation sites (tertiary alicyclic amines) is 1. The molecule has 1 fully saturated rings. The number of likely N-dealkylation sites (N-methyl/N-ethyl adjacent to an activating group) is 1. The van der Waals surface area contributed by atoms with Gasteiger partial charge in [0, 0.05) is 38.3 Å². The van der Waals surface area contributed by atoms with Gasteiger partial charge in [0.25, 0.3) is 10.0 Å². The summed E-state index contributed by atoms with van der Waals surface area (Å²) in [6.07, 6.45) is 5.19. The molecule has 6 nitrogen and oxygen atoms in total. The zero-order chi connectivity index (χ0) is 23.3. The molecule has 0 saturated carbocycles. The highest BCUT2D eigenvalue weighted by molar-refractivity contribution is 7.92. The van der Waals surface area contributed by atoms with Gasteiger partial charge in [-0.05, 0) is 62.6 Å². The van der Waals surface area contributed by atoms with Gasteiger partial charge in [0.05, 0.1) is 15.6 Å². The molecule has 0 aliphatic carbocycles. The van der Waals surface area contributed by atoms with E-state index in [1.807, 2.05) is 7.05 Å². The van der Waals surface area contributed by atoms with Crippen LogP contribution >= 0.6 is 11.6 Å². The van der Waals surface area contributed by atoms with Crippen LogP contribution in [0, 0.1) is 0 Å². The molecular formula is C24H30ClN3O3S. The summed E-state index contributed by atoms with van der Waals surface area (Å²) in [4.78, 5) is 17.0. The van der Waals surface area contributed by atoms with Crippen LogP contribution in [0.4, 0.5) is 5.69 Å². The minimum absolute atomic E-state index is 0.0509. The number of piperidine rings is 1. The lowest BCUT2D eigenvalue weighted by Gasteiger charge is -2.38. The third-order valence-electron chi connectivity index (χ3n) is 5.85. The lowest BCUT2D eigenvalue weighted by molar-refractivity contribution is -0.127. The summed E-state index contributed by atoms with van der Waals surface area (Å²) < 4.78 is 27.7. The molecule has 0 unspecified atom stereocenters. The summed E-state index contributed by atoms with van der Waals surface area (Å²) in [5.74, 6) is -0.0509. The van der Waals surface area contributed by atoms with Crippen LogP contribution in [-0.4, -0.2) is 56.3 Å². The van der Waals surface area contributed by atoms with E-state index >= 15 is 0 Å². The maximum atomic E-state index is 12.6. The first-order valence-corrected chi connectivity index (χ1v) is 12.6. The molecule has 0 bridgehead atoms. The van der Waals surface area contributed by atoms with Crippen molar-refractivity contribution in [3.8, 4) is 0 Å². The average Bonchev–Trinajstić information content (AvgIpc) is 2.78. The third-order valence-corrected chi connectivity index (χ3v) is 7.56. The number of nitrogens with zero attached hydrogens (tertiary/aromatic N) is 2. The molecule has 2 aromatic carbocycles. The van der Waals surface area contributed by atoms with Crippen molar-refractivity contribution in [2.24, 2.45) is 0 Å². The van der Waals surface area contributed by atoms with Crippen LogP contribution in [0.3, 0.4) is 0 Å². The SMILES string of the molecule is CC(C)N1CCC(N(C)C(=O)/C=C/c2ccc(S(=O)(=O)Nc3ccccc3Cl)cc2)CC1. The number of hydrogen-bond donors (Lipinski definition) is 1. The molecule has 1 heterocycles. The van der Waals surface area contributed by atoms with Crippen LogP contribution in [0.1, 0.15) is 32.3 Å². The van der Waals surface area contributed by atoms with Gasteiger partial charge in [-0.1, -0.05) is 35.9 Å². The lowest BCUT2D eigenvalue weighted by Crippen LogP contribution is -2.47. The summed E-state index contributed by atoms with van der Waals surface area (Å²) in [5, 5.41) is 0.327. The van der Waals surface area contributed by atoms with Gasteiger partial charge in [-0.3, -0.25) is 9.52 Å². The summed E-state index contributed by atoms with van der Waals surface area (Å²) >= 11 is 6.04. The van der Waals surface area contributed by atoms with E-state index in [0.717, 1.165) is 31.5 Å². The summed E-state index contributed by atoms with van der Waals surface area (Å²) in [6, 6.07) is 13.8. The number of carbonyl (C=O) groups is 1. The molecular weight excluding hydrogens is 446 g/mol. The van der Waals surface area contributed by atoms with Gasteiger partial charge in [0.15, 0.2) is 0 Å². The zero-order valence-corrected chi connectivity index (χ0v) is 20.2. The molecule has 8 heteroatoms. The van der Waals surface area contributed by atoms with Gasteiger partial charge in [0.1, 0.15) is 0 Å². The van der Waals surface area contributed by atoms with Crippen LogP contribution in [0.15, 0.2) is 59.5 Å². The van der Waals surface area contributed by atoms with E-state index in [1.54, 1.807) is 53.5 Å². The van der Waals surface area contributed by atoms with E-state index in [0.29, 0.717) is 16.8 Å². The highest BCUT2D eigenvalue weighted by Crippen LogP contribution is 2.24. The monoisotopic (exact) mass is 475 g/mol. The van der Waals surface area contributed by atoms with Crippen LogP contribution in [0.5, 0.6) is 0 Å². The molecule has 172 valence electrons. The number of hydrogen-bond acceptors (Lipinski definition) is 4. The largest absolute Gasteiger partial charge is 0.339 e. The average molecular weight is 476 g/mol. The number of carbonyl (C=O) groups excluding carboxylic acids is 1. The Morgan fingerprint density at radius 3 is 2.34 bits per heavy atom. The minimum Gasteiger partial charge on any atom is -0.339 e. The molecule has 0 spiro atoms. The number of anilines is 1. The topological polar surface area (TPSA) is 69.7 Å². The zero-order valence-electron chi connectivity index (χ0n) is 18.7. The number of para-hydroxylation sites is 1. The lowest BCUT2D eigenvalue weighted by atomic mass is 10.0. The second-order valence-electron chi connectivity index (χ2n) is 8.30. The number of nitrogens with one attached hydrogen (secondary N) is 1. The Balaban J connectivity index is 1.60. The molecule has 32 heavy (non-hydrogen) atoms. The fourth-order valence-corrected chi connectivity index (χ4v) is 5.08. The van der Waals surface area contributed by atoms with Crippen molar-refractivity contribution < 1.29 is 13.2 Å². The predicted molar refractivity (Wildman–Crippen MR) is 130 cm³/mol. The Kier molecular flexibility index (Phi) is 7.98. The third kappa shape index (κ3) is 6.12. The molecule has 0 aromatic heterocycles. The predicted octanol–water partition coefficient (Wildman–Crippen LogP) is 4.49. The van der Waals surface area contributed by atoms with Crippen molar-refractivity contribution >= 4 is 39.3 Å². The molecule has 0 atom stereocenters. The van der Waals surface area contributed by atoms with Crippen LogP contribution in [0.2, 0.25) is 5.02 Å². The van der Waals surface area contributed by atoms with Crippen molar-refractivity contribution in [2.75, 3.05) is 24.9 Å². The minimum atomic E-state index is -3.76. The van der Waals surface area contributed by atoms with Gasteiger partial charge >= 0.3 is 0 Å². The molecule has 1 aliphatic rings.